The molecule has 0 saturated heterocycles. The molecule has 110 valence electrons. The van der Waals surface area contributed by atoms with Gasteiger partial charge in [-0.05, 0) is 42.2 Å². The van der Waals surface area contributed by atoms with Crippen LogP contribution in [-0.2, 0) is 12.8 Å². The number of rotatable bonds is 8. The van der Waals surface area contributed by atoms with Gasteiger partial charge in [-0.25, -0.2) is 0 Å². The molecule has 0 bridgehead atoms. The van der Waals surface area contributed by atoms with Crippen LogP contribution in [0.15, 0.2) is 49.2 Å². The average Bonchev–Trinajstić information content (AvgIpc) is 2.35. The normalized spacial score (nSPS) is 11.2. The number of hydrogen-bond donors (Lipinski definition) is 1. The van der Waals surface area contributed by atoms with Gasteiger partial charge < -0.3 is 5.32 Å². The molecule has 0 fully saturated rings. The summed E-state index contributed by atoms with van der Waals surface area (Å²) >= 11 is 0. The van der Waals surface area contributed by atoms with E-state index in [0.29, 0.717) is 5.41 Å². The predicted molar refractivity (Wildman–Crippen MR) is 89.9 cm³/mol. The minimum Gasteiger partial charge on any atom is -0.388 e. The van der Waals surface area contributed by atoms with E-state index in [2.05, 4.69) is 63.5 Å². The highest BCUT2D eigenvalue weighted by molar-refractivity contribution is 5.23. The van der Waals surface area contributed by atoms with Gasteiger partial charge in [0.2, 0.25) is 0 Å². The largest absolute Gasteiger partial charge is 0.388 e. The van der Waals surface area contributed by atoms with Crippen LogP contribution >= 0.6 is 0 Å². The molecule has 0 saturated carbocycles. The van der Waals surface area contributed by atoms with Gasteiger partial charge in [0, 0.05) is 12.2 Å². The second-order valence-electron chi connectivity index (χ2n) is 6.66. The molecule has 0 aliphatic heterocycles. The van der Waals surface area contributed by atoms with Gasteiger partial charge >= 0.3 is 0 Å². The fourth-order valence-electron chi connectivity index (χ4n) is 2.23. The van der Waals surface area contributed by atoms with Gasteiger partial charge in [-0.15, -0.1) is 6.58 Å². The summed E-state index contributed by atoms with van der Waals surface area (Å²) in [7, 11) is 0. The molecule has 0 heterocycles. The summed E-state index contributed by atoms with van der Waals surface area (Å²) < 4.78 is 0. The van der Waals surface area contributed by atoms with Crippen molar-refractivity contribution in [2.45, 2.75) is 46.5 Å². The van der Waals surface area contributed by atoms with Crippen LogP contribution in [0.5, 0.6) is 0 Å². The highest BCUT2D eigenvalue weighted by atomic mass is 14.9. The summed E-state index contributed by atoms with van der Waals surface area (Å²) in [5.41, 5.74) is 4.21. The van der Waals surface area contributed by atoms with Crippen molar-refractivity contribution < 1.29 is 0 Å². The lowest BCUT2D eigenvalue weighted by Crippen LogP contribution is -2.20. The second kappa shape index (κ2) is 7.94. The van der Waals surface area contributed by atoms with Gasteiger partial charge in [0.1, 0.15) is 0 Å². The third-order valence-electron chi connectivity index (χ3n) is 3.19. The number of allylic oxidation sites excluding steroid dienone is 2. The van der Waals surface area contributed by atoms with Crippen molar-refractivity contribution in [1.29, 1.82) is 0 Å². The molecule has 0 aliphatic carbocycles. The summed E-state index contributed by atoms with van der Waals surface area (Å²) in [6.07, 6.45) is 6.18. The number of aryl methyl sites for hydroxylation is 1. The van der Waals surface area contributed by atoms with Gasteiger partial charge in [0.25, 0.3) is 0 Å². The van der Waals surface area contributed by atoms with E-state index in [0.717, 1.165) is 37.9 Å². The first-order valence-corrected chi connectivity index (χ1v) is 7.51. The van der Waals surface area contributed by atoms with Crippen LogP contribution in [0.4, 0.5) is 0 Å². The van der Waals surface area contributed by atoms with Crippen molar-refractivity contribution in [2.75, 3.05) is 6.54 Å². The number of nitrogens with one attached hydrogen (secondary N) is 1. The zero-order valence-corrected chi connectivity index (χ0v) is 13.3. The summed E-state index contributed by atoms with van der Waals surface area (Å²) in [4.78, 5) is 0. The molecule has 0 amide bonds. The molecule has 0 radical (unpaired) electrons. The Bertz CT molecular complexity index is 420. The zero-order valence-electron chi connectivity index (χ0n) is 13.3. The standard InChI is InChI=1S/C19H29N/c1-6-7-8-17-9-11-18(12-10-17)13-14-20-16(2)15-19(3,4)5/h6,9-12,20H,1-2,7-8,13-15H2,3-5H3. The summed E-state index contributed by atoms with van der Waals surface area (Å²) in [5.74, 6) is 0. The first kappa shape index (κ1) is 16.6. The molecule has 0 aliphatic rings. The van der Waals surface area contributed by atoms with Crippen molar-refractivity contribution in [2.24, 2.45) is 5.41 Å². The fraction of sp³-hybridized carbons (Fsp3) is 0.474. The first-order chi connectivity index (χ1) is 9.40. The monoisotopic (exact) mass is 271 g/mol. The summed E-state index contributed by atoms with van der Waals surface area (Å²) in [5, 5.41) is 3.43. The van der Waals surface area contributed by atoms with E-state index >= 15 is 0 Å². The Morgan fingerprint density at radius 3 is 2.15 bits per heavy atom. The Morgan fingerprint density at radius 2 is 1.65 bits per heavy atom. The van der Waals surface area contributed by atoms with Crippen LogP contribution < -0.4 is 5.32 Å². The molecule has 20 heavy (non-hydrogen) atoms. The minimum absolute atomic E-state index is 0.302. The Kier molecular flexibility index (Phi) is 6.57. The maximum absolute atomic E-state index is 4.10. The van der Waals surface area contributed by atoms with E-state index in [1.165, 1.54) is 11.1 Å². The zero-order chi connectivity index (χ0) is 15.0. The van der Waals surface area contributed by atoms with E-state index in [-0.39, 0.29) is 0 Å². The smallest absolute Gasteiger partial charge is 0.0184 e. The molecular weight excluding hydrogens is 242 g/mol. The highest BCUT2D eigenvalue weighted by Crippen LogP contribution is 2.21. The Hall–Kier alpha value is -1.50. The summed E-state index contributed by atoms with van der Waals surface area (Å²) in [6, 6.07) is 8.91. The van der Waals surface area contributed by atoms with Gasteiger partial charge in [-0.3, -0.25) is 0 Å². The fourth-order valence-corrected chi connectivity index (χ4v) is 2.23. The minimum atomic E-state index is 0.302. The molecule has 1 N–H and O–H groups in total. The van der Waals surface area contributed by atoms with E-state index in [1.807, 2.05) is 6.08 Å². The van der Waals surface area contributed by atoms with Crippen LogP contribution in [0, 0.1) is 5.41 Å². The lowest BCUT2D eigenvalue weighted by molar-refractivity contribution is 0.399. The van der Waals surface area contributed by atoms with Crippen molar-refractivity contribution in [1.82, 2.24) is 5.32 Å². The third-order valence-corrected chi connectivity index (χ3v) is 3.19. The van der Waals surface area contributed by atoms with Crippen LogP contribution in [0.3, 0.4) is 0 Å². The van der Waals surface area contributed by atoms with Gasteiger partial charge in [0.15, 0.2) is 0 Å². The van der Waals surface area contributed by atoms with Crippen LogP contribution in [0.25, 0.3) is 0 Å². The van der Waals surface area contributed by atoms with E-state index in [9.17, 15) is 0 Å². The number of hydrogen-bond acceptors (Lipinski definition) is 1. The average molecular weight is 271 g/mol. The van der Waals surface area contributed by atoms with Gasteiger partial charge in [-0.1, -0.05) is 57.7 Å². The molecule has 1 nitrogen and oxygen atoms in total. The maximum atomic E-state index is 4.10. The van der Waals surface area contributed by atoms with E-state index in [1.54, 1.807) is 0 Å². The van der Waals surface area contributed by atoms with Gasteiger partial charge in [-0.2, -0.15) is 0 Å². The van der Waals surface area contributed by atoms with E-state index in [4.69, 9.17) is 0 Å². The first-order valence-electron chi connectivity index (χ1n) is 7.51. The lowest BCUT2D eigenvalue weighted by atomic mass is 9.91. The predicted octanol–water partition coefficient (Wildman–Crippen LogP) is 4.89. The third kappa shape index (κ3) is 7.18. The summed E-state index contributed by atoms with van der Waals surface area (Å²) in [6.45, 7) is 15.5. The molecule has 1 aromatic carbocycles. The molecule has 0 spiro atoms. The molecular formula is C19H29N. The molecule has 0 unspecified atom stereocenters. The maximum Gasteiger partial charge on any atom is 0.0184 e. The van der Waals surface area contributed by atoms with Gasteiger partial charge in [0.05, 0.1) is 0 Å². The van der Waals surface area contributed by atoms with Crippen LogP contribution in [-0.4, -0.2) is 6.54 Å². The highest BCUT2D eigenvalue weighted by Gasteiger charge is 2.11. The molecule has 1 rings (SSSR count). The quantitative estimate of drug-likeness (QED) is 0.664. The Labute approximate surface area is 124 Å². The lowest BCUT2D eigenvalue weighted by Gasteiger charge is -2.20. The van der Waals surface area contributed by atoms with Crippen LogP contribution in [0.2, 0.25) is 0 Å². The Balaban J connectivity index is 2.31. The molecule has 0 aromatic heterocycles. The topological polar surface area (TPSA) is 12.0 Å². The Morgan fingerprint density at radius 1 is 1.10 bits per heavy atom. The molecule has 1 aromatic rings. The van der Waals surface area contributed by atoms with Crippen LogP contribution in [0.1, 0.15) is 44.7 Å². The van der Waals surface area contributed by atoms with Crippen molar-refractivity contribution in [3.63, 3.8) is 0 Å². The SMILES string of the molecule is C=CCCc1ccc(CCNC(=C)CC(C)(C)C)cc1. The van der Waals surface area contributed by atoms with E-state index < -0.39 is 0 Å². The van der Waals surface area contributed by atoms with Crippen molar-refractivity contribution in [3.8, 4) is 0 Å². The molecule has 0 atom stereocenters. The second-order valence-corrected chi connectivity index (χ2v) is 6.66. The number of benzene rings is 1. The van der Waals surface area contributed by atoms with Crippen molar-refractivity contribution in [3.05, 3.63) is 60.3 Å². The van der Waals surface area contributed by atoms with Crippen molar-refractivity contribution >= 4 is 0 Å². The molecule has 1 heteroatoms.